The van der Waals surface area contributed by atoms with Crippen molar-refractivity contribution >= 4 is 26.7 Å². The molecule has 0 N–H and O–H groups in total. The van der Waals surface area contributed by atoms with Gasteiger partial charge in [-0.15, -0.1) is 0 Å². The van der Waals surface area contributed by atoms with Crippen molar-refractivity contribution in [2.45, 2.75) is 11.4 Å². The molecule has 0 unspecified atom stereocenters. The van der Waals surface area contributed by atoms with E-state index < -0.39 is 10.0 Å². The van der Waals surface area contributed by atoms with E-state index in [2.05, 4.69) is 0 Å². The lowest BCUT2D eigenvalue weighted by molar-refractivity contribution is -0.131. The van der Waals surface area contributed by atoms with Crippen LogP contribution < -0.4 is 9.47 Å². The van der Waals surface area contributed by atoms with Crippen molar-refractivity contribution < 1.29 is 22.7 Å². The SMILES string of the molecule is CN(Cc1ccc2c(c1)OCCO2)C(=O)CN1CCN(S(=O)(=O)c2ccc3ccccc3c2)CC1. The maximum absolute atomic E-state index is 13.2. The zero-order chi connectivity index (χ0) is 24.4. The van der Waals surface area contributed by atoms with Gasteiger partial charge >= 0.3 is 0 Å². The second-order valence-corrected chi connectivity index (χ2v) is 10.9. The van der Waals surface area contributed by atoms with Gasteiger partial charge in [0.25, 0.3) is 0 Å². The predicted molar refractivity (Wildman–Crippen MR) is 133 cm³/mol. The highest BCUT2D eigenvalue weighted by Gasteiger charge is 2.29. The Morgan fingerprint density at radius 3 is 2.37 bits per heavy atom. The molecule has 8 nitrogen and oxygen atoms in total. The van der Waals surface area contributed by atoms with E-state index in [0.29, 0.717) is 56.6 Å². The number of rotatable bonds is 6. The van der Waals surface area contributed by atoms with E-state index in [9.17, 15) is 13.2 Å². The summed E-state index contributed by atoms with van der Waals surface area (Å²) in [6, 6.07) is 18.7. The number of amides is 1. The molecule has 184 valence electrons. The Kier molecular flexibility index (Phi) is 6.64. The molecule has 0 spiro atoms. The summed E-state index contributed by atoms with van der Waals surface area (Å²) < 4.78 is 39.1. The van der Waals surface area contributed by atoms with Gasteiger partial charge in [0, 0.05) is 39.8 Å². The van der Waals surface area contributed by atoms with Crippen LogP contribution in [0.4, 0.5) is 0 Å². The third-order valence-electron chi connectivity index (χ3n) is 6.50. The lowest BCUT2D eigenvalue weighted by Crippen LogP contribution is -2.51. The topological polar surface area (TPSA) is 79.4 Å². The first-order valence-corrected chi connectivity index (χ1v) is 13.2. The normalized spacial score (nSPS) is 16.8. The molecule has 9 heteroatoms. The van der Waals surface area contributed by atoms with Crippen molar-refractivity contribution in [3.8, 4) is 11.5 Å². The van der Waals surface area contributed by atoms with Crippen LogP contribution in [0.15, 0.2) is 65.6 Å². The lowest BCUT2D eigenvalue weighted by Gasteiger charge is -2.34. The lowest BCUT2D eigenvalue weighted by atomic mass is 10.1. The van der Waals surface area contributed by atoms with Gasteiger partial charge in [0.05, 0.1) is 11.4 Å². The van der Waals surface area contributed by atoms with Crippen molar-refractivity contribution in [2.75, 3.05) is 53.0 Å². The molecule has 3 aromatic rings. The smallest absolute Gasteiger partial charge is 0.243 e. The van der Waals surface area contributed by atoms with Gasteiger partial charge in [-0.25, -0.2) is 8.42 Å². The summed E-state index contributed by atoms with van der Waals surface area (Å²) in [7, 11) is -1.80. The Labute approximate surface area is 205 Å². The summed E-state index contributed by atoms with van der Waals surface area (Å²) in [6.07, 6.45) is 0. The number of hydrogen-bond donors (Lipinski definition) is 0. The quantitative estimate of drug-likeness (QED) is 0.523. The predicted octanol–water partition coefficient (Wildman–Crippen LogP) is 2.58. The molecule has 0 bridgehead atoms. The molecule has 2 aliphatic heterocycles. The van der Waals surface area contributed by atoms with Crippen molar-refractivity contribution in [2.24, 2.45) is 0 Å². The third-order valence-corrected chi connectivity index (χ3v) is 8.40. The van der Waals surface area contributed by atoms with Crippen molar-refractivity contribution in [3.63, 3.8) is 0 Å². The summed E-state index contributed by atoms with van der Waals surface area (Å²) in [5.41, 5.74) is 0.969. The summed E-state index contributed by atoms with van der Waals surface area (Å²) in [5, 5.41) is 1.91. The molecular formula is C26H29N3O5S. The Hall–Kier alpha value is -3.14. The van der Waals surface area contributed by atoms with Crippen LogP contribution in [0.1, 0.15) is 5.56 Å². The Balaban J connectivity index is 1.16. The maximum atomic E-state index is 13.2. The van der Waals surface area contributed by atoms with Crippen molar-refractivity contribution in [1.82, 2.24) is 14.1 Å². The molecule has 1 fully saturated rings. The van der Waals surface area contributed by atoms with Gasteiger partial charge in [0.15, 0.2) is 11.5 Å². The third kappa shape index (κ3) is 5.12. The van der Waals surface area contributed by atoms with Crippen LogP contribution in [-0.4, -0.2) is 81.4 Å². The number of likely N-dealkylation sites (N-methyl/N-ethyl adjacent to an activating group) is 1. The van der Waals surface area contributed by atoms with Crippen LogP contribution in [0.5, 0.6) is 11.5 Å². The number of carbonyl (C=O) groups is 1. The number of piperazine rings is 1. The van der Waals surface area contributed by atoms with Crippen LogP contribution in [0.3, 0.4) is 0 Å². The summed E-state index contributed by atoms with van der Waals surface area (Å²) in [6.45, 7) is 3.52. The van der Waals surface area contributed by atoms with Gasteiger partial charge in [-0.2, -0.15) is 4.31 Å². The first-order chi connectivity index (χ1) is 16.9. The van der Waals surface area contributed by atoms with Crippen molar-refractivity contribution in [3.05, 3.63) is 66.2 Å². The van der Waals surface area contributed by atoms with Crippen molar-refractivity contribution in [1.29, 1.82) is 0 Å². The summed E-state index contributed by atoms with van der Waals surface area (Å²) in [5.74, 6) is 1.43. The number of hydrogen-bond acceptors (Lipinski definition) is 6. The number of carbonyl (C=O) groups excluding carboxylic acids is 1. The van der Waals surface area contributed by atoms with E-state index in [4.69, 9.17) is 9.47 Å². The van der Waals surface area contributed by atoms with Gasteiger partial charge in [-0.3, -0.25) is 9.69 Å². The molecule has 1 amide bonds. The molecule has 0 radical (unpaired) electrons. The van der Waals surface area contributed by atoms with E-state index in [1.165, 1.54) is 4.31 Å². The van der Waals surface area contributed by atoms with Gasteiger partial charge in [0.1, 0.15) is 13.2 Å². The molecule has 3 aromatic carbocycles. The average molecular weight is 496 g/mol. The van der Waals surface area contributed by atoms with E-state index in [1.807, 2.05) is 53.4 Å². The minimum Gasteiger partial charge on any atom is -0.486 e. The second kappa shape index (κ2) is 9.85. The van der Waals surface area contributed by atoms with Gasteiger partial charge < -0.3 is 14.4 Å². The molecule has 0 saturated carbocycles. The first kappa shape index (κ1) is 23.6. The maximum Gasteiger partial charge on any atom is 0.243 e. The number of sulfonamides is 1. The largest absolute Gasteiger partial charge is 0.486 e. The van der Waals surface area contributed by atoms with Crippen LogP contribution in [0, 0.1) is 0 Å². The van der Waals surface area contributed by atoms with Gasteiger partial charge in [-0.1, -0.05) is 36.4 Å². The van der Waals surface area contributed by atoms with Crippen LogP contribution in [0.2, 0.25) is 0 Å². The van der Waals surface area contributed by atoms with E-state index in [0.717, 1.165) is 22.1 Å². The molecule has 0 aliphatic carbocycles. The Morgan fingerprint density at radius 2 is 1.60 bits per heavy atom. The first-order valence-electron chi connectivity index (χ1n) is 11.7. The Morgan fingerprint density at radius 1 is 0.886 bits per heavy atom. The molecule has 1 saturated heterocycles. The molecule has 2 aliphatic rings. The molecule has 5 rings (SSSR count). The highest BCUT2D eigenvalue weighted by molar-refractivity contribution is 7.89. The van der Waals surface area contributed by atoms with E-state index in [-0.39, 0.29) is 12.5 Å². The minimum atomic E-state index is -3.58. The van der Waals surface area contributed by atoms with Crippen LogP contribution in [0.25, 0.3) is 10.8 Å². The summed E-state index contributed by atoms with van der Waals surface area (Å²) in [4.78, 5) is 16.8. The van der Waals surface area contributed by atoms with E-state index >= 15 is 0 Å². The van der Waals surface area contributed by atoms with Gasteiger partial charge in [-0.05, 0) is 40.6 Å². The highest BCUT2D eigenvalue weighted by atomic mass is 32.2. The number of fused-ring (bicyclic) bond motifs is 2. The molecule has 0 aromatic heterocycles. The second-order valence-electron chi connectivity index (χ2n) is 8.92. The average Bonchev–Trinajstić information content (AvgIpc) is 2.88. The molecular weight excluding hydrogens is 466 g/mol. The molecule has 35 heavy (non-hydrogen) atoms. The molecule has 0 atom stereocenters. The van der Waals surface area contributed by atoms with E-state index in [1.54, 1.807) is 24.1 Å². The number of nitrogens with zero attached hydrogens (tertiary/aromatic N) is 3. The summed E-state index contributed by atoms with van der Waals surface area (Å²) >= 11 is 0. The Bertz CT molecular complexity index is 1340. The highest BCUT2D eigenvalue weighted by Crippen LogP contribution is 2.31. The van der Waals surface area contributed by atoms with Crippen LogP contribution in [-0.2, 0) is 21.4 Å². The monoisotopic (exact) mass is 495 g/mol. The standard InChI is InChI=1S/C26H29N3O5S/c1-27(18-20-6-9-24-25(16-20)34-15-14-33-24)26(30)19-28-10-12-29(13-11-28)35(31,32)23-8-7-21-4-2-3-5-22(21)17-23/h2-9,16-17H,10-15,18-19H2,1H3. The number of ether oxygens (including phenoxy) is 2. The zero-order valence-corrected chi connectivity index (χ0v) is 20.5. The van der Waals surface area contributed by atoms with Gasteiger partial charge in [0.2, 0.25) is 15.9 Å². The fourth-order valence-corrected chi connectivity index (χ4v) is 5.92. The van der Waals surface area contributed by atoms with Crippen LogP contribution >= 0.6 is 0 Å². The zero-order valence-electron chi connectivity index (χ0n) is 19.7. The molecule has 2 heterocycles. The number of benzene rings is 3. The fraction of sp³-hybridized carbons (Fsp3) is 0.346. The fourth-order valence-electron chi connectivity index (χ4n) is 4.47. The minimum absolute atomic E-state index is 0.00859.